The summed E-state index contributed by atoms with van der Waals surface area (Å²) >= 11 is 6.33. The Bertz CT molecular complexity index is 695. The molecule has 0 aliphatic carbocycles. The lowest BCUT2D eigenvalue weighted by Crippen LogP contribution is -2.34. The third kappa shape index (κ3) is 3.29. The van der Waals surface area contributed by atoms with Crippen LogP contribution in [0.5, 0.6) is 0 Å². The van der Waals surface area contributed by atoms with E-state index in [-0.39, 0.29) is 0 Å². The molecule has 2 aromatic heterocycles. The summed E-state index contributed by atoms with van der Waals surface area (Å²) < 4.78 is 12.8. The molecule has 2 aromatic rings. The zero-order valence-electron chi connectivity index (χ0n) is 13.9. The molecule has 0 saturated carbocycles. The van der Waals surface area contributed by atoms with Crippen LogP contribution >= 0.6 is 11.6 Å². The molecule has 1 saturated heterocycles. The van der Waals surface area contributed by atoms with Gasteiger partial charge >= 0.3 is 0 Å². The fourth-order valence-electron chi connectivity index (χ4n) is 2.92. The molecule has 0 spiro atoms. The van der Waals surface area contributed by atoms with Gasteiger partial charge in [-0.25, -0.2) is 14.6 Å². The highest BCUT2D eigenvalue weighted by Crippen LogP contribution is 2.27. The van der Waals surface area contributed by atoms with Crippen molar-refractivity contribution in [2.45, 2.75) is 39.2 Å². The second kappa shape index (κ2) is 7.03. The lowest BCUT2D eigenvalue weighted by atomic mass is 10.1. The normalized spacial score (nSPS) is 16.2. The van der Waals surface area contributed by atoms with Gasteiger partial charge in [-0.05, 0) is 32.3 Å². The standard InChI is InChI=1S/C16H23ClN4O2/c1-10-11(2)18-16(17)14-15(10)21(13(19-14)6-7-22-3)20-12-4-8-23-9-5-12/h12,20H,4-9H2,1-3H3. The number of halogens is 1. The van der Waals surface area contributed by atoms with Crippen LogP contribution in [0.25, 0.3) is 11.0 Å². The molecule has 6 nitrogen and oxygen atoms in total. The van der Waals surface area contributed by atoms with Crippen molar-refractivity contribution in [3.63, 3.8) is 0 Å². The Balaban J connectivity index is 2.06. The number of aryl methyl sites for hydroxylation is 2. The van der Waals surface area contributed by atoms with Crippen LogP contribution in [0, 0.1) is 13.8 Å². The first-order valence-corrected chi connectivity index (χ1v) is 8.37. The zero-order chi connectivity index (χ0) is 16.4. The molecule has 0 unspecified atom stereocenters. The van der Waals surface area contributed by atoms with Crippen LogP contribution in [-0.2, 0) is 15.9 Å². The summed E-state index contributed by atoms with van der Waals surface area (Å²) in [5.41, 5.74) is 7.40. The Kier molecular flexibility index (Phi) is 5.04. The van der Waals surface area contributed by atoms with Crippen LogP contribution in [0.4, 0.5) is 0 Å². The van der Waals surface area contributed by atoms with Crippen molar-refractivity contribution >= 4 is 22.6 Å². The molecule has 0 amide bonds. The molecular formula is C16H23ClN4O2. The second-order valence-corrected chi connectivity index (χ2v) is 6.29. The van der Waals surface area contributed by atoms with Gasteiger partial charge in [0, 0.05) is 38.5 Å². The predicted octanol–water partition coefficient (Wildman–Crippen LogP) is 2.61. The van der Waals surface area contributed by atoms with Crippen molar-refractivity contribution in [2.24, 2.45) is 0 Å². The number of aromatic nitrogens is 3. The number of imidazole rings is 1. The second-order valence-electron chi connectivity index (χ2n) is 5.93. The smallest absolute Gasteiger partial charge is 0.157 e. The minimum Gasteiger partial charge on any atom is -0.384 e. The number of methoxy groups -OCH3 is 1. The zero-order valence-corrected chi connectivity index (χ0v) is 14.6. The first-order valence-electron chi connectivity index (χ1n) is 7.99. The van der Waals surface area contributed by atoms with Gasteiger partial charge in [-0.3, -0.25) is 0 Å². The highest BCUT2D eigenvalue weighted by atomic mass is 35.5. The van der Waals surface area contributed by atoms with E-state index in [1.165, 1.54) is 0 Å². The van der Waals surface area contributed by atoms with Gasteiger partial charge in [0.2, 0.25) is 0 Å². The number of hydrogen-bond donors (Lipinski definition) is 1. The summed E-state index contributed by atoms with van der Waals surface area (Å²) in [6.07, 6.45) is 2.69. The third-order valence-electron chi connectivity index (χ3n) is 4.37. The van der Waals surface area contributed by atoms with E-state index in [2.05, 4.69) is 22.0 Å². The van der Waals surface area contributed by atoms with Crippen LogP contribution in [0.3, 0.4) is 0 Å². The molecule has 1 fully saturated rings. The summed E-state index contributed by atoms with van der Waals surface area (Å²) in [6, 6.07) is 0.370. The van der Waals surface area contributed by atoms with Crippen LogP contribution in [-0.4, -0.2) is 47.6 Å². The van der Waals surface area contributed by atoms with Crippen LogP contribution in [0.2, 0.25) is 5.15 Å². The van der Waals surface area contributed by atoms with Crippen LogP contribution in [0.1, 0.15) is 29.9 Å². The van der Waals surface area contributed by atoms with Crippen molar-refractivity contribution in [1.29, 1.82) is 0 Å². The van der Waals surface area contributed by atoms with E-state index < -0.39 is 0 Å². The number of rotatable bonds is 5. The number of fused-ring (bicyclic) bond motifs is 1. The summed E-state index contributed by atoms with van der Waals surface area (Å²) in [5.74, 6) is 0.922. The van der Waals surface area contributed by atoms with Gasteiger partial charge in [0.25, 0.3) is 0 Å². The number of hydrogen-bond acceptors (Lipinski definition) is 5. The number of ether oxygens (including phenoxy) is 2. The molecule has 0 bridgehead atoms. The van der Waals surface area contributed by atoms with Gasteiger partial charge < -0.3 is 14.9 Å². The molecule has 0 atom stereocenters. The molecule has 1 N–H and O–H groups in total. The minimum atomic E-state index is 0.370. The van der Waals surface area contributed by atoms with Gasteiger partial charge in [-0.15, -0.1) is 0 Å². The van der Waals surface area contributed by atoms with E-state index in [0.29, 0.717) is 17.8 Å². The molecule has 1 aliphatic rings. The van der Waals surface area contributed by atoms with Gasteiger partial charge in [0.15, 0.2) is 5.15 Å². The Morgan fingerprint density at radius 3 is 2.74 bits per heavy atom. The van der Waals surface area contributed by atoms with Crippen LogP contribution in [0.15, 0.2) is 0 Å². The van der Waals surface area contributed by atoms with E-state index in [1.807, 2.05) is 6.92 Å². The molecule has 126 valence electrons. The SMILES string of the molecule is COCCc1nc2c(Cl)nc(C)c(C)c2n1NC1CCOCC1. The van der Waals surface area contributed by atoms with Crippen LogP contribution < -0.4 is 5.43 Å². The third-order valence-corrected chi connectivity index (χ3v) is 4.63. The lowest BCUT2D eigenvalue weighted by molar-refractivity contribution is 0.0880. The van der Waals surface area contributed by atoms with E-state index in [0.717, 1.165) is 60.6 Å². The fraction of sp³-hybridized carbons (Fsp3) is 0.625. The van der Waals surface area contributed by atoms with E-state index >= 15 is 0 Å². The Hall–Kier alpha value is -1.37. The number of nitrogens with zero attached hydrogens (tertiary/aromatic N) is 3. The molecule has 7 heteroatoms. The molecule has 3 rings (SSSR count). The van der Waals surface area contributed by atoms with E-state index in [1.54, 1.807) is 7.11 Å². The fourth-order valence-corrected chi connectivity index (χ4v) is 3.18. The topological polar surface area (TPSA) is 61.2 Å². The van der Waals surface area contributed by atoms with Gasteiger partial charge in [0.1, 0.15) is 11.3 Å². The molecule has 23 heavy (non-hydrogen) atoms. The molecule has 0 aromatic carbocycles. The Morgan fingerprint density at radius 2 is 2.04 bits per heavy atom. The van der Waals surface area contributed by atoms with Crippen molar-refractivity contribution in [3.8, 4) is 0 Å². The largest absolute Gasteiger partial charge is 0.384 e. The number of nitrogens with one attached hydrogen (secondary N) is 1. The maximum Gasteiger partial charge on any atom is 0.157 e. The average Bonchev–Trinajstić information content (AvgIpc) is 2.91. The van der Waals surface area contributed by atoms with E-state index in [9.17, 15) is 0 Å². The summed E-state index contributed by atoms with van der Waals surface area (Å²) in [4.78, 5) is 9.11. The first kappa shape index (κ1) is 16.5. The Morgan fingerprint density at radius 1 is 1.30 bits per heavy atom. The molecule has 1 aliphatic heterocycles. The predicted molar refractivity (Wildman–Crippen MR) is 90.8 cm³/mol. The van der Waals surface area contributed by atoms with Gasteiger partial charge in [-0.1, -0.05) is 11.6 Å². The lowest BCUT2D eigenvalue weighted by Gasteiger charge is -2.26. The highest BCUT2D eigenvalue weighted by molar-refractivity contribution is 6.33. The molecule has 3 heterocycles. The summed E-state index contributed by atoms with van der Waals surface area (Å²) in [5, 5.41) is 0.453. The minimum absolute atomic E-state index is 0.370. The average molecular weight is 339 g/mol. The summed E-state index contributed by atoms with van der Waals surface area (Å²) in [7, 11) is 1.70. The Labute approximate surface area is 141 Å². The monoisotopic (exact) mass is 338 g/mol. The van der Waals surface area contributed by atoms with Gasteiger partial charge in [0.05, 0.1) is 12.1 Å². The molecular weight excluding hydrogens is 316 g/mol. The van der Waals surface area contributed by atoms with E-state index in [4.69, 9.17) is 26.1 Å². The van der Waals surface area contributed by atoms with Crippen molar-refractivity contribution in [1.82, 2.24) is 14.6 Å². The first-order chi connectivity index (χ1) is 11.1. The quantitative estimate of drug-likeness (QED) is 0.849. The van der Waals surface area contributed by atoms with Crippen molar-refractivity contribution in [2.75, 3.05) is 32.4 Å². The molecule has 0 radical (unpaired) electrons. The number of pyridine rings is 1. The maximum absolute atomic E-state index is 6.33. The highest BCUT2D eigenvalue weighted by Gasteiger charge is 2.21. The van der Waals surface area contributed by atoms with Crippen molar-refractivity contribution in [3.05, 3.63) is 22.2 Å². The van der Waals surface area contributed by atoms with Crippen molar-refractivity contribution < 1.29 is 9.47 Å². The maximum atomic E-state index is 6.33. The summed E-state index contributed by atoms with van der Waals surface area (Å²) in [6.45, 7) is 6.23. The van der Waals surface area contributed by atoms with Gasteiger partial charge in [-0.2, -0.15) is 0 Å².